The van der Waals surface area contributed by atoms with E-state index >= 15 is 0 Å². The first-order valence-electron chi connectivity index (χ1n) is 12.2. The summed E-state index contributed by atoms with van der Waals surface area (Å²) in [7, 11) is -0.0520. The molecule has 180 valence electrons. The van der Waals surface area contributed by atoms with Crippen molar-refractivity contribution in [3.8, 4) is 0 Å². The number of hydrogen-bond donors (Lipinski definition) is 2. The van der Waals surface area contributed by atoms with Crippen LogP contribution in [0, 0.1) is 0 Å². The average molecular weight is 450 g/mol. The fourth-order valence-electron chi connectivity index (χ4n) is 3.60. The molecule has 0 aromatic heterocycles. The zero-order chi connectivity index (χ0) is 22.7. The van der Waals surface area contributed by atoms with Crippen LogP contribution in [0.5, 0.6) is 0 Å². The van der Waals surface area contributed by atoms with E-state index in [9.17, 15) is 13.2 Å². The fraction of sp³-hybridized carbons (Fsp3) is 0.957. The quantitative estimate of drug-likeness (QED) is 0.148. The van der Waals surface area contributed by atoms with E-state index in [0.29, 0.717) is 24.0 Å². The molecule has 0 bridgehead atoms. The van der Waals surface area contributed by atoms with Crippen LogP contribution in [0.4, 0.5) is 0 Å². The predicted molar refractivity (Wildman–Crippen MR) is 126 cm³/mol. The summed E-state index contributed by atoms with van der Waals surface area (Å²) in [5.41, 5.74) is 0. The molecule has 1 amide bonds. The van der Waals surface area contributed by atoms with Gasteiger partial charge in [-0.15, -0.1) is 0 Å². The van der Waals surface area contributed by atoms with Crippen LogP contribution in [-0.4, -0.2) is 62.8 Å². The second kappa shape index (κ2) is 18.0. The predicted octanol–water partition coefficient (Wildman–Crippen LogP) is 4.94. The Kier molecular flexibility index (Phi) is 17.6. The van der Waals surface area contributed by atoms with Gasteiger partial charge in [-0.2, -0.15) is 8.42 Å². The SMILES string of the molecule is CCCCCCCCCCCCCCCC(=O)NCCC[N+](C)(C)CCS(=O)(=O)O. The minimum atomic E-state index is -3.91. The molecule has 0 unspecified atom stereocenters. The number of quaternary nitrogens is 1. The van der Waals surface area contributed by atoms with E-state index in [1.165, 1.54) is 70.6 Å². The van der Waals surface area contributed by atoms with E-state index in [0.717, 1.165) is 25.8 Å². The topological polar surface area (TPSA) is 83.5 Å². The summed E-state index contributed by atoms with van der Waals surface area (Å²) in [6, 6.07) is 0. The van der Waals surface area contributed by atoms with E-state index in [4.69, 9.17) is 4.55 Å². The Morgan fingerprint density at radius 1 is 0.767 bits per heavy atom. The molecule has 2 N–H and O–H groups in total. The lowest BCUT2D eigenvalue weighted by atomic mass is 10.0. The van der Waals surface area contributed by atoms with Crippen molar-refractivity contribution in [3.63, 3.8) is 0 Å². The third-order valence-corrected chi connectivity index (χ3v) is 6.42. The highest BCUT2D eigenvalue weighted by Crippen LogP contribution is 2.13. The van der Waals surface area contributed by atoms with Gasteiger partial charge < -0.3 is 9.80 Å². The molecule has 30 heavy (non-hydrogen) atoms. The summed E-state index contributed by atoms with van der Waals surface area (Å²) in [6.07, 6.45) is 18.3. The number of amides is 1. The van der Waals surface area contributed by atoms with E-state index < -0.39 is 10.1 Å². The van der Waals surface area contributed by atoms with Crippen LogP contribution >= 0.6 is 0 Å². The molecule has 0 aliphatic heterocycles. The molecule has 0 heterocycles. The number of nitrogens with one attached hydrogen (secondary N) is 1. The number of nitrogens with zero attached hydrogens (tertiary/aromatic N) is 1. The van der Waals surface area contributed by atoms with Gasteiger partial charge in [-0.3, -0.25) is 9.35 Å². The van der Waals surface area contributed by atoms with E-state index in [-0.39, 0.29) is 11.7 Å². The Labute approximate surface area is 186 Å². The molecular weight excluding hydrogens is 400 g/mol. The maximum absolute atomic E-state index is 11.9. The third kappa shape index (κ3) is 22.0. The lowest BCUT2D eigenvalue weighted by Gasteiger charge is -2.29. The van der Waals surface area contributed by atoms with Gasteiger partial charge in [-0.05, 0) is 6.42 Å². The largest absolute Gasteiger partial charge is 0.356 e. The molecule has 0 fully saturated rings. The Morgan fingerprint density at radius 3 is 1.70 bits per heavy atom. The minimum absolute atomic E-state index is 0.112. The van der Waals surface area contributed by atoms with E-state index in [1.54, 1.807) is 0 Å². The molecule has 0 spiro atoms. The van der Waals surface area contributed by atoms with Gasteiger partial charge in [0, 0.05) is 19.4 Å². The van der Waals surface area contributed by atoms with Crippen LogP contribution in [0.2, 0.25) is 0 Å². The summed E-state index contributed by atoms with van der Waals surface area (Å²) in [5, 5.41) is 2.95. The van der Waals surface area contributed by atoms with Gasteiger partial charge in [0.25, 0.3) is 10.1 Å². The highest BCUT2D eigenvalue weighted by atomic mass is 32.2. The molecule has 0 aliphatic rings. The van der Waals surface area contributed by atoms with Crippen molar-refractivity contribution >= 4 is 16.0 Å². The first kappa shape index (κ1) is 29.3. The molecule has 0 aliphatic carbocycles. The molecule has 0 aromatic rings. The van der Waals surface area contributed by atoms with Crippen molar-refractivity contribution in [2.24, 2.45) is 0 Å². The average Bonchev–Trinajstić information content (AvgIpc) is 2.67. The standard InChI is InChI=1S/C23H48N2O4S/c1-4-5-6-7-8-9-10-11-12-13-14-15-16-18-23(26)24-19-17-20-25(2,3)21-22-30(27,28)29/h4-22H2,1-3H3,(H-,24,26,27,28,29)/p+1. The summed E-state index contributed by atoms with van der Waals surface area (Å²) >= 11 is 0. The van der Waals surface area contributed by atoms with Gasteiger partial charge in [-0.25, -0.2) is 0 Å². The Hall–Kier alpha value is -0.660. The van der Waals surface area contributed by atoms with Crippen LogP contribution in [-0.2, 0) is 14.9 Å². The van der Waals surface area contributed by atoms with E-state index in [1.807, 2.05) is 14.1 Å². The molecule has 0 rings (SSSR count). The summed E-state index contributed by atoms with van der Waals surface area (Å²) in [6.45, 7) is 4.00. The molecule has 6 nitrogen and oxygen atoms in total. The Balaban J connectivity index is 3.44. The minimum Gasteiger partial charge on any atom is -0.356 e. The second-order valence-corrected chi connectivity index (χ2v) is 10.9. The monoisotopic (exact) mass is 449 g/mol. The van der Waals surface area contributed by atoms with Gasteiger partial charge in [0.15, 0.2) is 0 Å². The molecule has 0 aromatic carbocycles. The third-order valence-electron chi connectivity index (χ3n) is 5.72. The van der Waals surface area contributed by atoms with Crippen molar-refractivity contribution < 1.29 is 22.2 Å². The summed E-state index contributed by atoms with van der Waals surface area (Å²) in [4.78, 5) is 11.9. The smallest absolute Gasteiger partial charge is 0.270 e. The zero-order valence-corrected chi connectivity index (χ0v) is 20.8. The van der Waals surface area contributed by atoms with Crippen LogP contribution in [0.3, 0.4) is 0 Å². The van der Waals surface area contributed by atoms with Crippen LogP contribution in [0.1, 0.15) is 103 Å². The first-order valence-corrected chi connectivity index (χ1v) is 13.8. The second-order valence-electron chi connectivity index (χ2n) is 9.37. The van der Waals surface area contributed by atoms with Crippen molar-refractivity contribution in [2.75, 3.05) is 39.5 Å². The number of carbonyl (C=O) groups is 1. The molecule has 7 heteroatoms. The highest BCUT2D eigenvalue weighted by molar-refractivity contribution is 7.85. The number of rotatable bonds is 21. The molecule has 0 saturated carbocycles. The number of hydrogen-bond acceptors (Lipinski definition) is 3. The normalized spacial score (nSPS) is 12.3. The van der Waals surface area contributed by atoms with Crippen molar-refractivity contribution in [1.82, 2.24) is 5.32 Å². The van der Waals surface area contributed by atoms with Crippen molar-refractivity contribution in [2.45, 2.75) is 103 Å². The maximum atomic E-state index is 11.9. The van der Waals surface area contributed by atoms with Gasteiger partial charge in [0.2, 0.25) is 5.91 Å². The van der Waals surface area contributed by atoms with Crippen LogP contribution < -0.4 is 5.32 Å². The Morgan fingerprint density at radius 2 is 1.23 bits per heavy atom. The van der Waals surface area contributed by atoms with Crippen LogP contribution in [0.25, 0.3) is 0 Å². The van der Waals surface area contributed by atoms with Crippen molar-refractivity contribution in [1.29, 1.82) is 0 Å². The first-order chi connectivity index (χ1) is 14.2. The van der Waals surface area contributed by atoms with Gasteiger partial charge in [-0.1, -0.05) is 84.0 Å². The molecule has 0 radical (unpaired) electrons. The lowest BCUT2D eigenvalue weighted by Crippen LogP contribution is -2.44. The summed E-state index contributed by atoms with van der Waals surface area (Å²) in [5.74, 6) is -0.118. The fourth-order valence-corrected chi connectivity index (χ4v) is 4.33. The zero-order valence-electron chi connectivity index (χ0n) is 20.0. The lowest BCUT2D eigenvalue weighted by molar-refractivity contribution is -0.888. The van der Waals surface area contributed by atoms with Crippen LogP contribution in [0.15, 0.2) is 0 Å². The van der Waals surface area contributed by atoms with Gasteiger partial charge in [0.1, 0.15) is 5.75 Å². The van der Waals surface area contributed by atoms with E-state index in [2.05, 4.69) is 12.2 Å². The Bertz CT molecular complexity index is 521. The van der Waals surface area contributed by atoms with Gasteiger partial charge in [0.05, 0.1) is 27.2 Å². The van der Waals surface area contributed by atoms with Crippen molar-refractivity contribution in [3.05, 3.63) is 0 Å². The molecule has 0 atom stereocenters. The number of carbonyl (C=O) groups excluding carboxylic acids is 1. The van der Waals surface area contributed by atoms with Gasteiger partial charge >= 0.3 is 0 Å². The highest BCUT2D eigenvalue weighted by Gasteiger charge is 2.18. The molecular formula is C23H49N2O4S+. The molecule has 0 saturated heterocycles. The maximum Gasteiger partial charge on any atom is 0.270 e. The number of unbranched alkanes of at least 4 members (excludes halogenated alkanes) is 12. The summed E-state index contributed by atoms with van der Waals surface area (Å²) < 4.78 is 31.1.